The fraction of sp³-hybridized carbons (Fsp3) is 0.647. The minimum atomic E-state index is -0.116. The van der Waals surface area contributed by atoms with Crippen molar-refractivity contribution in [1.29, 1.82) is 0 Å². The Hall–Kier alpha value is -1.09. The van der Waals surface area contributed by atoms with Gasteiger partial charge in [0, 0.05) is 30.9 Å². The number of anilines is 1. The van der Waals surface area contributed by atoms with Gasteiger partial charge in [-0.25, -0.2) is 4.39 Å². The molecule has 1 heterocycles. The Morgan fingerprint density at radius 2 is 2.15 bits per heavy atom. The first-order chi connectivity index (χ1) is 9.52. The van der Waals surface area contributed by atoms with Crippen LogP contribution in [0.2, 0.25) is 0 Å². The number of benzene rings is 1. The first-order valence-electron chi connectivity index (χ1n) is 7.79. The van der Waals surface area contributed by atoms with Crippen molar-refractivity contribution in [3.63, 3.8) is 0 Å². The second-order valence-corrected chi connectivity index (χ2v) is 6.29. The Balaban J connectivity index is 2.24. The van der Waals surface area contributed by atoms with Crippen LogP contribution >= 0.6 is 0 Å². The summed E-state index contributed by atoms with van der Waals surface area (Å²) in [6, 6.07) is 6.53. The molecule has 0 spiro atoms. The third-order valence-corrected chi connectivity index (χ3v) is 4.31. The van der Waals surface area contributed by atoms with E-state index in [0.717, 1.165) is 24.3 Å². The molecule has 112 valence electrons. The van der Waals surface area contributed by atoms with Gasteiger partial charge in [-0.2, -0.15) is 0 Å². The van der Waals surface area contributed by atoms with Crippen LogP contribution in [0.4, 0.5) is 10.1 Å². The summed E-state index contributed by atoms with van der Waals surface area (Å²) in [4.78, 5) is 2.47. The van der Waals surface area contributed by atoms with Crippen molar-refractivity contribution < 1.29 is 4.39 Å². The standard InChI is InChI=1S/C17H27FN2/c1-5-6-14-11-20(17(10-19-14)12(2)3)15-7-8-16(18)13(4)9-15/h7-9,12,14,17,19H,5-6,10-11H2,1-4H3. The third-order valence-electron chi connectivity index (χ3n) is 4.31. The first-order valence-corrected chi connectivity index (χ1v) is 7.79. The molecule has 1 N–H and O–H groups in total. The van der Waals surface area contributed by atoms with Gasteiger partial charge in [0.25, 0.3) is 0 Å². The van der Waals surface area contributed by atoms with Crippen LogP contribution in [-0.2, 0) is 0 Å². The van der Waals surface area contributed by atoms with E-state index in [1.165, 1.54) is 12.8 Å². The van der Waals surface area contributed by atoms with Gasteiger partial charge in [-0.3, -0.25) is 0 Å². The van der Waals surface area contributed by atoms with E-state index < -0.39 is 0 Å². The fourth-order valence-electron chi connectivity index (χ4n) is 3.08. The number of rotatable bonds is 4. The molecule has 2 nitrogen and oxygen atoms in total. The Labute approximate surface area is 122 Å². The van der Waals surface area contributed by atoms with Crippen molar-refractivity contribution in [2.45, 2.75) is 52.6 Å². The van der Waals surface area contributed by atoms with Crippen LogP contribution in [0.25, 0.3) is 0 Å². The Morgan fingerprint density at radius 3 is 2.75 bits per heavy atom. The van der Waals surface area contributed by atoms with E-state index in [0.29, 0.717) is 18.0 Å². The molecule has 1 fully saturated rings. The van der Waals surface area contributed by atoms with Crippen LogP contribution in [0.15, 0.2) is 18.2 Å². The summed E-state index contributed by atoms with van der Waals surface area (Å²) in [5, 5.41) is 3.66. The van der Waals surface area contributed by atoms with E-state index in [1.807, 2.05) is 19.1 Å². The Bertz CT molecular complexity index is 445. The summed E-state index contributed by atoms with van der Waals surface area (Å²) in [5.74, 6) is 0.463. The number of hydrogen-bond donors (Lipinski definition) is 1. The van der Waals surface area contributed by atoms with Gasteiger partial charge in [-0.1, -0.05) is 27.2 Å². The molecule has 2 unspecified atom stereocenters. The predicted octanol–water partition coefficient (Wildman–Crippen LogP) is 3.74. The van der Waals surface area contributed by atoms with Crippen LogP contribution in [0.1, 0.15) is 39.2 Å². The van der Waals surface area contributed by atoms with E-state index in [2.05, 4.69) is 31.0 Å². The molecule has 0 amide bonds. The Kier molecular flexibility index (Phi) is 5.03. The lowest BCUT2D eigenvalue weighted by molar-refractivity contribution is 0.327. The smallest absolute Gasteiger partial charge is 0.126 e. The van der Waals surface area contributed by atoms with Gasteiger partial charge in [0.2, 0.25) is 0 Å². The lowest BCUT2D eigenvalue weighted by Crippen LogP contribution is -2.58. The average Bonchev–Trinajstić information content (AvgIpc) is 2.42. The highest BCUT2D eigenvalue weighted by Crippen LogP contribution is 2.26. The summed E-state index contributed by atoms with van der Waals surface area (Å²) in [6.07, 6.45) is 2.39. The van der Waals surface area contributed by atoms with E-state index in [-0.39, 0.29) is 5.82 Å². The minimum Gasteiger partial charge on any atom is -0.365 e. The number of aryl methyl sites for hydroxylation is 1. The normalized spacial score (nSPS) is 23.4. The maximum absolute atomic E-state index is 13.5. The van der Waals surface area contributed by atoms with Crippen molar-refractivity contribution in [3.8, 4) is 0 Å². The van der Waals surface area contributed by atoms with Gasteiger partial charge < -0.3 is 10.2 Å². The number of halogens is 1. The molecule has 1 aromatic rings. The molecule has 1 saturated heterocycles. The van der Waals surface area contributed by atoms with Gasteiger partial charge in [-0.05, 0) is 43.0 Å². The molecular formula is C17H27FN2. The van der Waals surface area contributed by atoms with Gasteiger partial charge in [0.05, 0.1) is 0 Å². The molecule has 3 heteroatoms. The van der Waals surface area contributed by atoms with E-state index >= 15 is 0 Å². The first kappa shape index (κ1) is 15.3. The van der Waals surface area contributed by atoms with Crippen molar-refractivity contribution in [2.24, 2.45) is 5.92 Å². The van der Waals surface area contributed by atoms with Gasteiger partial charge >= 0.3 is 0 Å². The molecule has 1 aromatic carbocycles. The fourth-order valence-corrected chi connectivity index (χ4v) is 3.08. The zero-order chi connectivity index (χ0) is 14.7. The van der Waals surface area contributed by atoms with E-state index in [1.54, 1.807) is 6.07 Å². The summed E-state index contributed by atoms with van der Waals surface area (Å²) in [7, 11) is 0. The lowest BCUT2D eigenvalue weighted by Gasteiger charge is -2.44. The Morgan fingerprint density at radius 1 is 1.40 bits per heavy atom. The molecule has 0 radical (unpaired) electrons. The van der Waals surface area contributed by atoms with E-state index in [4.69, 9.17) is 0 Å². The summed E-state index contributed by atoms with van der Waals surface area (Å²) >= 11 is 0. The molecule has 1 aliphatic heterocycles. The molecule has 0 bridgehead atoms. The highest BCUT2D eigenvalue weighted by atomic mass is 19.1. The maximum Gasteiger partial charge on any atom is 0.126 e. The topological polar surface area (TPSA) is 15.3 Å². The molecule has 20 heavy (non-hydrogen) atoms. The monoisotopic (exact) mass is 278 g/mol. The predicted molar refractivity (Wildman–Crippen MR) is 83.8 cm³/mol. The molecule has 0 saturated carbocycles. The van der Waals surface area contributed by atoms with Gasteiger partial charge in [0.1, 0.15) is 5.82 Å². The van der Waals surface area contributed by atoms with Gasteiger partial charge in [0.15, 0.2) is 0 Å². The zero-order valence-corrected chi connectivity index (χ0v) is 13.1. The summed E-state index contributed by atoms with van der Waals surface area (Å²) in [5.41, 5.74) is 1.89. The van der Waals surface area contributed by atoms with Crippen molar-refractivity contribution >= 4 is 5.69 Å². The zero-order valence-electron chi connectivity index (χ0n) is 13.1. The SMILES string of the molecule is CCCC1CN(c2ccc(F)c(C)c2)C(C(C)C)CN1. The summed E-state index contributed by atoms with van der Waals surface area (Å²) in [6.45, 7) is 10.6. The van der Waals surface area contributed by atoms with Gasteiger partial charge in [-0.15, -0.1) is 0 Å². The van der Waals surface area contributed by atoms with Crippen molar-refractivity contribution in [2.75, 3.05) is 18.0 Å². The van der Waals surface area contributed by atoms with Crippen LogP contribution in [-0.4, -0.2) is 25.2 Å². The number of nitrogens with one attached hydrogen (secondary N) is 1. The number of nitrogens with zero attached hydrogens (tertiary/aromatic N) is 1. The van der Waals surface area contributed by atoms with Crippen LogP contribution in [0.5, 0.6) is 0 Å². The highest BCUT2D eigenvalue weighted by molar-refractivity contribution is 5.50. The average molecular weight is 278 g/mol. The van der Waals surface area contributed by atoms with Crippen LogP contribution < -0.4 is 10.2 Å². The molecular weight excluding hydrogens is 251 g/mol. The second kappa shape index (κ2) is 6.57. The molecule has 2 atom stereocenters. The third kappa shape index (κ3) is 3.32. The minimum absolute atomic E-state index is 0.116. The molecule has 0 aromatic heterocycles. The largest absolute Gasteiger partial charge is 0.365 e. The number of hydrogen-bond acceptors (Lipinski definition) is 2. The quantitative estimate of drug-likeness (QED) is 0.902. The lowest BCUT2D eigenvalue weighted by atomic mass is 9.96. The summed E-state index contributed by atoms with van der Waals surface area (Å²) < 4.78 is 13.5. The second-order valence-electron chi connectivity index (χ2n) is 6.29. The number of piperazine rings is 1. The molecule has 2 rings (SSSR count). The van der Waals surface area contributed by atoms with Crippen molar-refractivity contribution in [3.05, 3.63) is 29.6 Å². The van der Waals surface area contributed by atoms with Crippen LogP contribution in [0, 0.1) is 18.7 Å². The van der Waals surface area contributed by atoms with E-state index in [9.17, 15) is 4.39 Å². The molecule has 1 aliphatic rings. The highest BCUT2D eigenvalue weighted by Gasteiger charge is 2.29. The van der Waals surface area contributed by atoms with Crippen LogP contribution in [0.3, 0.4) is 0 Å². The van der Waals surface area contributed by atoms with Crippen molar-refractivity contribution in [1.82, 2.24) is 5.32 Å². The maximum atomic E-state index is 13.5. The molecule has 0 aliphatic carbocycles.